The van der Waals surface area contributed by atoms with Gasteiger partial charge in [-0.05, 0) is 43.4 Å². The minimum atomic E-state index is 0.367. The van der Waals surface area contributed by atoms with Gasteiger partial charge >= 0.3 is 0 Å². The summed E-state index contributed by atoms with van der Waals surface area (Å²) in [5.41, 5.74) is 4.20. The fraction of sp³-hybridized carbons (Fsp3) is 0.300. The van der Waals surface area contributed by atoms with E-state index in [1.54, 1.807) is 6.20 Å². The Morgan fingerprint density at radius 3 is 2.71 bits per heavy atom. The van der Waals surface area contributed by atoms with Crippen LogP contribution in [0, 0.1) is 0 Å². The summed E-state index contributed by atoms with van der Waals surface area (Å²) in [5.74, 6) is 0.791. The zero-order valence-electron chi connectivity index (χ0n) is 13.9. The third kappa shape index (κ3) is 3.32. The lowest BCUT2D eigenvalue weighted by molar-refractivity contribution is -0.105. The smallest absolute Gasteiger partial charge is 0.147 e. The fourth-order valence-electron chi connectivity index (χ4n) is 3.27. The summed E-state index contributed by atoms with van der Waals surface area (Å²) in [6.07, 6.45) is 10.6. The molecule has 1 atom stereocenters. The van der Waals surface area contributed by atoms with Crippen molar-refractivity contribution in [2.75, 3.05) is 0 Å². The topological polar surface area (TPSA) is 55.1 Å². The summed E-state index contributed by atoms with van der Waals surface area (Å²) >= 11 is 0. The Balaban J connectivity index is 0.000000143. The predicted octanol–water partition coefficient (Wildman–Crippen LogP) is 4.57. The van der Waals surface area contributed by atoms with Crippen molar-refractivity contribution in [1.82, 2.24) is 9.78 Å². The molecule has 0 saturated carbocycles. The molecule has 0 radical (unpaired) electrons. The lowest BCUT2D eigenvalue weighted by Crippen LogP contribution is -2.07. The molecule has 1 heterocycles. The van der Waals surface area contributed by atoms with Crippen molar-refractivity contribution in [2.45, 2.75) is 38.5 Å². The third-order valence-electron chi connectivity index (χ3n) is 4.54. The number of aliphatic hydroxyl groups excluding tert-OH is 1. The highest BCUT2D eigenvalue weighted by atomic mass is 16.3. The monoisotopic (exact) mass is 322 g/mol. The number of hydrogen-bond donors (Lipinski definition) is 1. The summed E-state index contributed by atoms with van der Waals surface area (Å²) in [7, 11) is 0. The average Bonchev–Trinajstić information content (AvgIpc) is 3.25. The molecule has 1 aromatic heterocycles. The molecule has 1 N–H and O–H groups in total. The maximum atomic E-state index is 10.8. The van der Waals surface area contributed by atoms with E-state index in [1.807, 2.05) is 41.2 Å². The maximum absolute atomic E-state index is 10.8. The third-order valence-corrected chi connectivity index (χ3v) is 4.54. The van der Waals surface area contributed by atoms with Gasteiger partial charge in [-0.2, -0.15) is 5.10 Å². The van der Waals surface area contributed by atoms with Crippen LogP contribution in [0.3, 0.4) is 0 Å². The molecule has 1 unspecified atom stereocenters. The Morgan fingerprint density at radius 1 is 1.21 bits per heavy atom. The number of aliphatic hydroxyl groups is 1. The van der Waals surface area contributed by atoms with Crippen LogP contribution in [0.1, 0.15) is 49.7 Å². The number of rotatable bonds is 2. The van der Waals surface area contributed by atoms with E-state index in [4.69, 9.17) is 0 Å². The van der Waals surface area contributed by atoms with Gasteiger partial charge in [-0.1, -0.05) is 31.2 Å². The van der Waals surface area contributed by atoms with Gasteiger partial charge in [0.25, 0.3) is 0 Å². The van der Waals surface area contributed by atoms with E-state index >= 15 is 0 Å². The van der Waals surface area contributed by atoms with Crippen molar-refractivity contribution in [1.29, 1.82) is 0 Å². The van der Waals surface area contributed by atoms with Gasteiger partial charge < -0.3 is 5.11 Å². The van der Waals surface area contributed by atoms with Gasteiger partial charge in [0, 0.05) is 35.1 Å². The molecule has 0 spiro atoms. The molecule has 2 aromatic rings. The van der Waals surface area contributed by atoms with Gasteiger partial charge in [-0.3, -0.25) is 4.79 Å². The minimum Gasteiger partial charge on any atom is -0.508 e. The lowest BCUT2D eigenvalue weighted by Gasteiger charge is -2.16. The molecule has 2 aliphatic rings. The molecule has 4 heteroatoms. The number of carbonyl (C=O) groups is 1. The Bertz CT molecular complexity index is 773. The molecule has 0 fully saturated rings. The minimum absolute atomic E-state index is 0.367. The zero-order chi connectivity index (χ0) is 16.9. The largest absolute Gasteiger partial charge is 0.508 e. The van der Waals surface area contributed by atoms with Gasteiger partial charge in [0.1, 0.15) is 12.0 Å². The quantitative estimate of drug-likeness (QED) is 0.824. The molecule has 2 aliphatic carbocycles. The van der Waals surface area contributed by atoms with E-state index in [0.717, 1.165) is 48.8 Å². The highest BCUT2D eigenvalue weighted by Crippen LogP contribution is 2.33. The van der Waals surface area contributed by atoms with Crippen LogP contribution in [-0.4, -0.2) is 21.2 Å². The Hall–Kier alpha value is -2.62. The van der Waals surface area contributed by atoms with Crippen molar-refractivity contribution in [3.8, 4) is 0 Å². The number of aromatic nitrogens is 2. The van der Waals surface area contributed by atoms with Crippen LogP contribution in [0.5, 0.6) is 0 Å². The Labute approximate surface area is 142 Å². The summed E-state index contributed by atoms with van der Waals surface area (Å²) in [5, 5.41) is 13.6. The molecular formula is C20H22N2O2. The van der Waals surface area contributed by atoms with Crippen LogP contribution in [0.25, 0.3) is 11.5 Å². The van der Waals surface area contributed by atoms with Gasteiger partial charge in [0.05, 0.1) is 0 Å². The highest BCUT2D eigenvalue weighted by molar-refractivity contribution is 5.83. The molecule has 124 valence electrons. The zero-order valence-corrected chi connectivity index (χ0v) is 13.9. The number of aldehydes is 1. The molecule has 4 rings (SSSR count). The number of nitrogens with zero attached hydrogens (tertiary/aromatic N) is 2. The first kappa shape index (κ1) is 16.2. The van der Waals surface area contributed by atoms with Crippen molar-refractivity contribution >= 4 is 17.7 Å². The van der Waals surface area contributed by atoms with E-state index in [9.17, 15) is 9.90 Å². The molecule has 4 nitrogen and oxygen atoms in total. The van der Waals surface area contributed by atoms with Crippen LogP contribution >= 0.6 is 0 Å². The number of allylic oxidation sites excluding steroid dienone is 3. The van der Waals surface area contributed by atoms with Crippen LogP contribution in [0.15, 0.2) is 54.4 Å². The van der Waals surface area contributed by atoms with Gasteiger partial charge in [0.2, 0.25) is 0 Å². The molecule has 24 heavy (non-hydrogen) atoms. The lowest BCUT2D eigenvalue weighted by atomic mass is 9.97. The maximum Gasteiger partial charge on any atom is 0.147 e. The van der Waals surface area contributed by atoms with Crippen molar-refractivity contribution in [2.24, 2.45) is 0 Å². The number of hydrogen-bond acceptors (Lipinski definition) is 3. The van der Waals surface area contributed by atoms with Crippen molar-refractivity contribution in [3.05, 3.63) is 65.5 Å². The summed E-state index contributed by atoms with van der Waals surface area (Å²) in [6.45, 7) is 2.09. The van der Waals surface area contributed by atoms with E-state index in [1.165, 1.54) is 5.56 Å². The number of carbonyl (C=O) groups excluding carboxylic acids is 1. The first-order chi connectivity index (χ1) is 11.7. The predicted molar refractivity (Wildman–Crippen MR) is 95.4 cm³/mol. The van der Waals surface area contributed by atoms with E-state index in [-0.39, 0.29) is 0 Å². The second kappa shape index (κ2) is 7.30. The summed E-state index contributed by atoms with van der Waals surface area (Å²) < 4.78 is 1.81. The number of benzene rings is 1. The van der Waals surface area contributed by atoms with Gasteiger partial charge in [-0.25, -0.2) is 4.68 Å². The van der Waals surface area contributed by atoms with Gasteiger partial charge in [0.15, 0.2) is 0 Å². The second-order valence-electron chi connectivity index (χ2n) is 6.18. The van der Waals surface area contributed by atoms with Crippen LogP contribution < -0.4 is 0 Å². The van der Waals surface area contributed by atoms with E-state index < -0.39 is 0 Å². The molecule has 0 aliphatic heterocycles. The first-order valence-electron chi connectivity index (χ1n) is 8.38. The molecule has 0 saturated heterocycles. The van der Waals surface area contributed by atoms with Crippen LogP contribution in [0.4, 0.5) is 0 Å². The van der Waals surface area contributed by atoms with Crippen molar-refractivity contribution in [3.63, 3.8) is 0 Å². The highest BCUT2D eigenvalue weighted by Gasteiger charge is 2.17. The molecule has 0 amide bonds. The summed E-state index contributed by atoms with van der Waals surface area (Å²) in [6, 6.07) is 9.83. The van der Waals surface area contributed by atoms with Crippen LogP contribution in [0.2, 0.25) is 0 Å². The Kier molecular flexibility index (Phi) is 4.94. The second-order valence-corrected chi connectivity index (χ2v) is 6.18. The van der Waals surface area contributed by atoms with Crippen LogP contribution in [-0.2, 0) is 4.79 Å². The normalized spacial score (nSPS) is 19.2. The van der Waals surface area contributed by atoms with Crippen molar-refractivity contribution < 1.29 is 9.90 Å². The average molecular weight is 322 g/mol. The van der Waals surface area contributed by atoms with E-state index in [0.29, 0.717) is 11.7 Å². The molecule has 0 bridgehead atoms. The first-order valence-corrected chi connectivity index (χ1v) is 8.38. The molecule has 1 aromatic carbocycles. The van der Waals surface area contributed by atoms with E-state index in [2.05, 4.69) is 18.1 Å². The number of fused-ring (bicyclic) bond motifs is 1. The van der Waals surface area contributed by atoms with Gasteiger partial charge in [-0.15, -0.1) is 0 Å². The summed E-state index contributed by atoms with van der Waals surface area (Å²) in [4.78, 5) is 10.8. The molecular weight excluding hydrogens is 300 g/mol. The Morgan fingerprint density at radius 2 is 2.00 bits per heavy atom. The SMILES string of the molecule is CC1C=C(O)c2ccccc21.O=CC1=C(n2cccn2)CCCC1. The standard InChI is InChI=1S/C10H12N2O.C10H10O/c13-8-9-4-1-2-5-10(9)12-7-3-6-11-12;1-7-6-10(11)9-5-3-2-4-8(7)9/h3,6-8H,1-2,4-5H2;2-7,11H,1H3. The fourth-order valence-corrected chi connectivity index (χ4v) is 3.27.